The van der Waals surface area contributed by atoms with Gasteiger partial charge in [-0.2, -0.15) is 0 Å². The summed E-state index contributed by atoms with van der Waals surface area (Å²) in [4.78, 5) is 14.0. The molecule has 0 amide bonds. The van der Waals surface area contributed by atoms with Gasteiger partial charge in [-0.3, -0.25) is 4.79 Å². The van der Waals surface area contributed by atoms with E-state index in [9.17, 15) is 13.2 Å². The Balaban J connectivity index is 1.41. The summed E-state index contributed by atoms with van der Waals surface area (Å²) in [5.41, 5.74) is 3.22. The second kappa shape index (κ2) is 8.80. The van der Waals surface area contributed by atoms with Gasteiger partial charge in [0.25, 0.3) is 0 Å². The summed E-state index contributed by atoms with van der Waals surface area (Å²) in [5, 5.41) is -0.780. The second-order valence-electron chi connectivity index (χ2n) is 13.5. The number of hydrogen-bond donors (Lipinski definition) is 0. The van der Waals surface area contributed by atoms with Crippen molar-refractivity contribution in [2.45, 2.75) is 101 Å². The highest BCUT2D eigenvalue weighted by molar-refractivity contribution is 7.92. The number of sulfone groups is 1. The molecular weight excluding hydrogens is 496 g/mol. The third kappa shape index (κ3) is 4.32. The quantitative estimate of drug-likeness (QED) is 0.385. The Labute approximate surface area is 224 Å². The summed E-state index contributed by atoms with van der Waals surface area (Å²) in [5.74, 6) is 1.77. The van der Waals surface area contributed by atoms with Crippen LogP contribution in [0.15, 0.2) is 47.4 Å². The van der Waals surface area contributed by atoms with E-state index in [4.69, 9.17) is 4.43 Å². The average Bonchev–Trinajstić information content (AvgIpc) is 3.09. The molecule has 5 atom stereocenters. The lowest BCUT2D eigenvalue weighted by Crippen LogP contribution is -2.44. The Hall–Kier alpha value is -1.92. The number of carbonyl (C=O) groups is 1. The largest absolute Gasteiger partial charge is 0.543 e. The SMILES string of the molecule is Cc1ccc(S(=O)(=O)C2C[C@H]3[C@@H]4CCc5cc(O[Si](C)(C)C(C)(C)C)ccc5[C@H]4CC[C@]3(C)C2=O)cc1. The summed E-state index contributed by atoms with van der Waals surface area (Å²) < 4.78 is 33.8. The third-order valence-electron chi connectivity index (χ3n) is 10.3. The molecule has 37 heavy (non-hydrogen) atoms. The molecule has 0 bridgehead atoms. The molecular formula is C31H42O4SSi. The normalized spacial score (nSPS) is 29.9. The Morgan fingerprint density at radius 2 is 1.70 bits per heavy atom. The zero-order valence-electron chi connectivity index (χ0n) is 23.4. The summed E-state index contributed by atoms with van der Waals surface area (Å²) in [7, 11) is -5.61. The van der Waals surface area contributed by atoms with Crippen molar-refractivity contribution in [2.75, 3.05) is 0 Å². The van der Waals surface area contributed by atoms with E-state index in [2.05, 4.69) is 52.1 Å². The number of hydrogen-bond acceptors (Lipinski definition) is 4. The fourth-order valence-corrected chi connectivity index (χ4v) is 9.87. The molecule has 2 aromatic carbocycles. The lowest BCUT2D eigenvalue weighted by molar-refractivity contribution is -0.129. The van der Waals surface area contributed by atoms with Gasteiger partial charge in [-0.05, 0) is 110 Å². The molecule has 1 unspecified atom stereocenters. The van der Waals surface area contributed by atoms with Crippen LogP contribution in [0, 0.1) is 24.2 Å². The predicted molar refractivity (Wildman–Crippen MR) is 151 cm³/mol. The topological polar surface area (TPSA) is 60.4 Å². The monoisotopic (exact) mass is 538 g/mol. The van der Waals surface area contributed by atoms with Gasteiger partial charge in [0.1, 0.15) is 11.0 Å². The van der Waals surface area contributed by atoms with Crippen molar-refractivity contribution < 1.29 is 17.6 Å². The van der Waals surface area contributed by atoms with Gasteiger partial charge in [-0.15, -0.1) is 0 Å². The molecule has 2 saturated carbocycles. The highest BCUT2D eigenvalue weighted by atomic mass is 32.2. The van der Waals surface area contributed by atoms with Crippen molar-refractivity contribution in [3.05, 3.63) is 59.2 Å². The first-order chi connectivity index (χ1) is 17.1. The summed E-state index contributed by atoms with van der Waals surface area (Å²) >= 11 is 0. The van der Waals surface area contributed by atoms with Crippen LogP contribution < -0.4 is 4.43 Å². The molecule has 4 nitrogen and oxygen atoms in total. The van der Waals surface area contributed by atoms with Gasteiger partial charge in [-0.1, -0.05) is 51.5 Å². The molecule has 0 aliphatic heterocycles. The molecule has 3 aliphatic rings. The van der Waals surface area contributed by atoms with Crippen LogP contribution in [-0.4, -0.2) is 27.8 Å². The van der Waals surface area contributed by atoms with Gasteiger partial charge >= 0.3 is 0 Å². The molecule has 2 aromatic rings. The molecule has 6 heteroatoms. The standard InChI is InChI=1S/C31H42O4SSi/c1-20-8-12-23(13-9-20)36(33,34)28-19-27-26-14-10-21-18-22(35-37(6,7)30(2,3)4)11-15-24(21)25(26)16-17-31(27,5)29(28)32/h8-9,11-13,15,18,25-28H,10,14,16-17,19H2,1-7H3/t25-,26-,27+,28?,31+/m1/s1. The van der Waals surface area contributed by atoms with Crippen LogP contribution in [0.4, 0.5) is 0 Å². The zero-order chi connectivity index (χ0) is 27.0. The third-order valence-corrected chi connectivity index (χ3v) is 16.8. The number of aryl methyl sites for hydroxylation is 2. The van der Waals surface area contributed by atoms with E-state index in [1.54, 1.807) is 12.1 Å². The highest BCUT2D eigenvalue weighted by Gasteiger charge is 2.61. The second-order valence-corrected chi connectivity index (χ2v) is 20.4. The number of Topliss-reactive ketones (excluding diaryl/α,β-unsaturated/α-hetero) is 1. The minimum atomic E-state index is -3.70. The molecule has 0 saturated heterocycles. The van der Waals surface area contributed by atoms with Crippen LogP contribution in [0.2, 0.25) is 18.1 Å². The van der Waals surface area contributed by atoms with Gasteiger partial charge < -0.3 is 4.43 Å². The molecule has 5 rings (SSSR count). The molecule has 2 fully saturated rings. The van der Waals surface area contributed by atoms with Crippen molar-refractivity contribution in [2.24, 2.45) is 17.3 Å². The molecule has 0 heterocycles. The van der Waals surface area contributed by atoms with Crippen LogP contribution in [0.5, 0.6) is 5.75 Å². The van der Waals surface area contributed by atoms with Gasteiger partial charge in [-0.25, -0.2) is 8.42 Å². The van der Waals surface area contributed by atoms with E-state index in [0.29, 0.717) is 18.3 Å². The Morgan fingerprint density at radius 1 is 1.03 bits per heavy atom. The first-order valence-corrected chi connectivity index (χ1v) is 18.3. The fourth-order valence-electron chi connectivity index (χ4n) is 7.00. The molecule has 0 N–H and O–H groups in total. The van der Waals surface area contributed by atoms with Gasteiger partial charge in [0.15, 0.2) is 15.6 Å². The molecule has 0 spiro atoms. The zero-order valence-corrected chi connectivity index (χ0v) is 25.2. The van der Waals surface area contributed by atoms with E-state index < -0.39 is 28.8 Å². The molecule has 200 valence electrons. The lowest BCUT2D eigenvalue weighted by atomic mass is 9.55. The summed E-state index contributed by atoms with van der Waals surface area (Å²) in [6.45, 7) is 15.3. The number of fused-ring (bicyclic) bond motifs is 5. The van der Waals surface area contributed by atoms with E-state index in [1.807, 2.05) is 26.0 Å². The van der Waals surface area contributed by atoms with E-state index in [-0.39, 0.29) is 21.6 Å². The van der Waals surface area contributed by atoms with E-state index in [1.165, 1.54) is 11.1 Å². The van der Waals surface area contributed by atoms with E-state index >= 15 is 0 Å². The van der Waals surface area contributed by atoms with Crippen LogP contribution >= 0.6 is 0 Å². The highest BCUT2D eigenvalue weighted by Crippen LogP contribution is 2.60. The van der Waals surface area contributed by atoms with Crippen molar-refractivity contribution >= 4 is 23.9 Å². The number of ketones is 1. The maximum Gasteiger partial charge on any atom is 0.250 e. The predicted octanol–water partition coefficient (Wildman–Crippen LogP) is 7.26. The molecule has 0 aromatic heterocycles. The minimum absolute atomic E-state index is 0.0551. The maximum atomic E-state index is 13.7. The van der Waals surface area contributed by atoms with Crippen LogP contribution in [-0.2, 0) is 21.1 Å². The summed E-state index contributed by atoms with van der Waals surface area (Å²) in [6.07, 6.45) is 4.12. The first-order valence-electron chi connectivity index (χ1n) is 13.8. The van der Waals surface area contributed by atoms with E-state index in [0.717, 1.165) is 37.0 Å². The fraction of sp³-hybridized carbons (Fsp3) is 0.581. The first kappa shape index (κ1) is 26.7. The van der Waals surface area contributed by atoms with Crippen molar-refractivity contribution in [1.29, 1.82) is 0 Å². The lowest BCUT2D eigenvalue weighted by Gasteiger charge is -2.48. The maximum absolute atomic E-state index is 13.7. The number of benzene rings is 2. The Bertz CT molecular complexity index is 1320. The minimum Gasteiger partial charge on any atom is -0.543 e. The number of carbonyl (C=O) groups excluding carboxylic acids is 1. The smallest absolute Gasteiger partial charge is 0.250 e. The number of rotatable bonds is 4. The van der Waals surface area contributed by atoms with Gasteiger partial charge in [0, 0.05) is 5.41 Å². The molecule has 3 aliphatic carbocycles. The Morgan fingerprint density at radius 3 is 2.35 bits per heavy atom. The van der Waals surface area contributed by atoms with Crippen molar-refractivity contribution in [1.82, 2.24) is 0 Å². The van der Waals surface area contributed by atoms with Gasteiger partial charge in [0.05, 0.1) is 4.90 Å². The van der Waals surface area contributed by atoms with Crippen LogP contribution in [0.1, 0.15) is 76.0 Å². The average molecular weight is 539 g/mol. The van der Waals surface area contributed by atoms with Crippen LogP contribution in [0.3, 0.4) is 0 Å². The molecule has 0 radical (unpaired) electrons. The van der Waals surface area contributed by atoms with Crippen molar-refractivity contribution in [3.63, 3.8) is 0 Å². The Kier molecular flexibility index (Phi) is 6.35. The van der Waals surface area contributed by atoms with Gasteiger partial charge in [0.2, 0.25) is 8.32 Å². The summed E-state index contributed by atoms with van der Waals surface area (Å²) in [6, 6.07) is 13.6. The van der Waals surface area contributed by atoms with Crippen molar-refractivity contribution in [3.8, 4) is 5.75 Å². The van der Waals surface area contributed by atoms with Crippen LogP contribution in [0.25, 0.3) is 0 Å².